The Morgan fingerprint density at radius 1 is 1.56 bits per heavy atom. The van der Waals surface area contributed by atoms with Crippen molar-refractivity contribution in [2.45, 2.75) is 19.3 Å². The highest BCUT2D eigenvalue weighted by Crippen LogP contribution is 2.08. The quantitative estimate of drug-likeness (QED) is 0.556. The zero-order valence-electron chi connectivity index (χ0n) is 5.09. The van der Waals surface area contributed by atoms with Gasteiger partial charge in [0.05, 0.1) is 0 Å². The summed E-state index contributed by atoms with van der Waals surface area (Å²) < 4.78 is 0. The van der Waals surface area contributed by atoms with Crippen LogP contribution in [0.4, 0.5) is 0 Å². The third-order valence-electron chi connectivity index (χ3n) is 1.23. The Hall–Kier alpha value is -0.500. The lowest BCUT2D eigenvalue weighted by atomic mass is 10.0. The van der Waals surface area contributed by atoms with E-state index < -0.39 is 0 Å². The second-order valence-electron chi connectivity index (χ2n) is 2.03. The van der Waals surface area contributed by atoms with Crippen molar-refractivity contribution < 1.29 is 4.79 Å². The van der Waals surface area contributed by atoms with Gasteiger partial charge >= 0.3 is 0 Å². The summed E-state index contributed by atoms with van der Waals surface area (Å²) in [5.41, 5.74) is 6.10. The smallest absolute Gasteiger partial charge is 0.139 e. The number of carbonyl (C=O) groups is 1. The predicted molar refractivity (Wildman–Crippen MR) is 38.4 cm³/mol. The summed E-state index contributed by atoms with van der Waals surface area (Å²) in [6.07, 6.45) is 3.91. The Labute approximate surface area is 60.5 Å². The molecule has 0 saturated heterocycles. The number of Topliss-reactive ketones (excluding diaryl/α,β-unsaturated/α-hetero) is 1. The minimum atomic E-state index is 0. The van der Waals surface area contributed by atoms with Gasteiger partial charge in [-0.25, -0.2) is 0 Å². The van der Waals surface area contributed by atoms with E-state index in [1.54, 1.807) is 0 Å². The lowest BCUT2D eigenvalue weighted by Crippen LogP contribution is -2.10. The highest BCUT2D eigenvalue weighted by Gasteiger charge is 2.06. The second-order valence-corrected chi connectivity index (χ2v) is 2.03. The molecule has 1 rings (SSSR count). The normalized spacial score (nSPS) is 18.2. The molecule has 52 valence electrons. The Morgan fingerprint density at radius 3 is 2.56 bits per heavy atom. The van der Waals surface area contributed by atoms with Gasteiger partial charge in [0.15, 0.2) is 0 Å². The molecule has 1 aliphatic carbocycles. The van der Waals surface area contributed by atoms with Gasteiger partial charge in [0.1, 0.15) is 5.78 Å². The second kappa shape index (κ2) is 3.51. The summed E-state index contributed by atoms with van der Waals surface area (Å²) in [7, 11) is 0. The van der Waals surface area contributed by atoms with Gasteiger partial charge < -0.3 is 5.73 Å². The van der Waals surface area contributed by atoms with E-state index in [1.807, 2.05) is 6.08 Å². The Morgan fingerprint density at radius 2 is 2.22 bits per heavy atom. The van der Waals surface area contributed by atoms with Crippen LogP contribution in [0.15, 0.2) is 11.8 Å². The molecule has 0 atom stereocenters. The van der Waals surface area contributed by atoms with Crippen molar-refractivity contribution in [3.05, 3.63) is 11.8 Å². The van der Waals surface area contributed by atoms with E-state index in [9.17, 15) is 4.79 Å². The fraction of sp³-hybridized carbons (Fsp3) is 0.500. The molecule has 0 aromatic heterocycles. The van der Waals surface area contributed by atoms with Crippen LogP contribution in [0.5, 0.6) is 0 Å². The maximum absolute atomic E-state index is 10.6. The van der Waals surface area contributed by atoms with Gasteiger partial charge in [-0.1, -0.05) is 6.08 Å². The number of carbonyl (C=O) groups excluding carboxylic acids is 1. The molecule has 0 aliphatic heterocycles. The third-order valence-corrected chi connectivity index (χ3v) is 1.23. The number of hydrogen-bond donors (Lipinski definition) is 1. The fourth-order valence-electron chi connectivity index (χ4n) is 0.807. The minimum absolute atomic E-state index is 0. The van der Waals surface area contributed by atoms with Crippen molar-refractivity contribution in [2.24, 2.45) is 5.73 Å². The molecule has 3 heteroatoms. The number of ketones is 1. The molecule has 0 amide bonds. The van der Waals surface area contributed by atoms with Crippen LogP contribution in [0.25, 0.3) is 0 Å². The van der Waals surface area contributed by atoms with Crippen molar-refractivity contribution in [3.63, 3.8) is 0 Å². The predicted octanol–water partition coefficient (Wildman–Crippen LogP) is 1.00. The Bertz CT molecular complexity index is 142. The zero-order chi connectivity index (χ0) is 5.98. The highest BCUT2D eigenvalue weighted by molar-refractivity contribution is 5.85. The monoisotopic (exact) mass is 147 g/mol. The first-order valence-electron chi connectivity index (χ1n) is 2.75. The fourth-order valence-corrected chi connectivity index (χ4v) is 0.807. The molecule has 0 radical (unpaired) electrons. The molecule has 2 N–H and O–H groups in total. The lowest BCUT2D eigenvalue weighted by Gasteiger charge is -2.04. The first kappa shape index (κ1) is 8.50. The van der Waals surface area contributed by atoms with Crippen LogP contribution >= 0.6 is 12.4 Å². The number of nitrogens with two attached hydrogens (primary N) is 1. The van der Waals surface area contributed by atoms with Crippen LogP contribution in [0, 0.1) is 0 Å². The van der Waals surface area contributed by atoms with Crippen molar-refractivity contribution in [3.8, 4) is 0 Å². The van der Waals surface area contributed by atoms with E-state index in [4.69, 9.17) is 5.73 Å². The molecule has 0 bridgehead atoms. The maximum atomic E-state index is 10.6. The first-order valence-corrected chi connectivity index (χ1v) is 2.75. The first-order chi connectivity index (χ1) is 3.79. The number of rotatable bonds is 0. The summed E-state index contributed by atoms with van der Waals surface area (Å²) in [6.45, 7) is 0. The number of allylic oxidation sites excluding steroid dienone is 2. The average molecular weight is 148 g/mol. The van der Waals surface area contributed by atoms with Crippen LogP contribution in [-0.4, -0.2) is 5.78 Å². The van der Waals surface area contributed by atoms with Gasteiger partial charge in [0.25, 0.3) is 0 Å². The molecular weight excluding hydrogens is 138 g/mol. The van der Waals surface area contributed by atoms with Crippen LogP contribution in [-0.2, 0) is 4.79 Å². The lowest BCUT2D eigenvalue weighted by molar-refractivity contribution is -0.118. The molecule has 0 heterocycles. The topological polar surface area (TPSA) is 43.1 Å². The van der Waals surface area contributed by atoms with E-state index in [2.05, 4.69) is 0 Å². The van der Waals surface area contributed by atoms with Crippen LogP contribution < -0.4 is 5.73 Å². The van der Waals surface area contributed by atoms with E-state index >= 15 is 0 Å². The van der Waals surface area contributed by atoms with E-state index in [0.29, 0.717) is 12.8 Å². The molecular formula is C6H10ClNO. The van der Waals surface area contributed by atoms with Crippen LogP contribution in [0.1, 0.15) is 19.3 Å². The number of halogens is 1. The molecule has 9 heavy (non-hydrogen) atoms. The van der Waals surface area contributed by atoms with Gasteiger partial charge in [-0.15, -0.1) is 12.4 Å². The summed E-state index contributed by atoms with van der Waals surface area (Å²) in [5.74, 6) is 0.269. The third kappa shape index (κ3) is 2.51. The van der Waals surface area contributed by atoms with E-state index in [-0.39, 0.29) is 18.2 Å². The summed E-state index contributed by atoms with van der Waals surface area (Å²) in [4.78, 5) is 10.6. The van der Waals surface area contributed by atoms with Gasteiger partial charge in [0, 0.05) is 18.5 Å². The molecule has 0 saturated carbocycles. The van der Waals surface area contributed by atoms with Crippen molar-refractivity contribution in [2.75, 3.05) is 0 Å². The van der Waals surface area contributed by atoms with Crippen molar-refractivity contribution >= 4 is 18.2 Å². The summed E-state index contributed by atoms with van der Waals surface area (Å²) in [5, 5.41) is 0. The van der Waals surface area contributed by atoms with Gasteiger partial charge in [-0.3, -0.25) is 4.79 Å². The van der Waals surface area contributed by atoms with Crippen molar-refractivity contribution in [1.82, 2.24) is 0 Å². The molecule has 2 nitrogen and oxygen atoms in total. The van der Waals surface area contributed by atoms with E-state index in [1.165, 1.54) is 0 Å². The van der Waals surface area contributed by atoms with Crippen molar-refractivity contribution in [1.29, 1.82) is 0 Å². The molecule has 0 aromatic carbocycles. The number of hydrogen-bond acceptors (Lipinski definition) is 2. The van der Waals surface area contributed by atoms with Gasteiger partial charge in [-0.05, 0) is 6.42 Å². The van der Waals surface area contributed by atoms with Crippen LogP contribution in [0.2, 0.25) is 0 Å². The highest BCUT2D eigenvalue weighted by atomic mass is 35.5. The van der Waals surface area contributed by atoms with E-state index in [0.717, 1.165) is 12.1 Å². The summed E-state index contributed by atoms with van der Waals surface area (Å²) >= 11 is 0. The van der Waals surface area contributed by atoms with Gasteiger partial charge in [-0.2, -0.15) is 0 Å². The molecule has 0 fully saturated rings. The van der Waals surface area contributed by atoms with Crippen LogP contribution in [0.3, 0.4) is 0 Å². The standard InChI is InChI=1S/C6H9NO.ClH/c7-5-2-1-3-6(8)4-5;/h2H,1,3-4,7H2;1H. The Balaban J connectivity index is 0.000000640. The molecule has 0 unspecified atom stereocenters. The molecule has 0 spiro atoms. The van der Waals surface area contributed by atoms with Gasteiger partial charge in [0.2, 0.25) is 0 Å². The maximum Gasteiger partial charge on any atom is 0.139 e. The minimum Gasteiger partial charge on any atom is -0.402 e. The average Bonchev–Trinajstić information content (AvgIpc) is 1.64. The molecule has 0 aromatic rings. The molecule has 1 aliphatic rings. The zero-order valence-corrected chi connectivity index (χ0v) is 5.91. The summed E-state index contributed by atoms with van der Waals surface area (Å²) in [6, 6.07) is 0. The Kier molecular flexibility index (Phi) is 3.32. The SMILES string of the molecule is Cl.NC1=CCCC(=O)C1. The largest absolute Gasteiger partial charge is 0.402 e.